The van der Waals surface area contributed by atoms with Gasteiger partial charge in [-0.15, -0.1) is 0 Å². The molecular formula is C7H8F2O. The van der Waals surface area contributed by atoms with Gasteiger partial charge < -0.3 is 5.11 Å². The number of hydrogen-bond donors (Lipinski definition) is 1. The number of hydrogen-bond acceptors (Lipinski definition) is 1. The lowest BCUT2D eigenvalue weighted by molar-refractivity contribution is 0.223. The summed E-state index contributed by atoms with van der Waals surface area (Å²) < 4.78 is 25.0. The van der Waals surface area contributed by atoms with E-state index in [1.54, 1.807) is 0 Å². The summed E-state index contributed by atoms with van der Waals surface area (Å²) in [6.45, 7) is 1.37. The summed E-state index contributed by atoms with van der Waals surface area (Å²) in [6, 6.07) is 0. The Labute approximate surface area is 57.7 Å². The summed E-state index contributed by atoms with van der Waals surface area (Å²) in [5, 5.41) is 8.85. The largest absolute Gasteiger partial charge is 0.508 e. The van der Waals surface area contributed by atoms with Crippen molar-refractivity contribution in [3.8, 4) is 0 Å². The van der Waals surface area contributed by atoms with E-state index in [1.807, 2.05) is 0 Å². The number of alkyl halides is 2. The fraction of sp³-hybridized carbons (Fsp3) is 0.429. The molecule has 1 aliphatic carbocycles. The summed E-state index contributed by atoms with van der Waals surface area (Å²) in [5.74, 6) is -0.165. The maximum atomic E-state index is 12.6. The van der Waals surface area contributed by atoms with Gasteiger partial charge in [-0.3, -0.25) is 0 Å². The number of aliphatic hydroxyl groups is 1. The van der Waals surface area contributed by atoms with Gasteiger partial charge in [-0.1, -0.05) is 0 Å². The predicted octanol–water partition coefficient (Wildman–Crippen LogP) is 2.06. The molecule has 0 aromatic carbocycles. The third-order valence-corrected chi connectivity index (χ3v) is 1.54. The fourth-order valence-corrected chi connectivity index (χ4v) is 0.792. The van der Waals surface area contributed by atoms with Crippen LogP contribution in [0.15, 0.2) is 23.5 Å². The minimum atomic E-state index is -1.68. The summed E-state index contributed by atoms with van der Waals surface area (Å²) in [4.78, 5) is 0. The molecule has 2 atom stereocenters. The van der Waals surface area contributed by atoms with E-state index >= 15 is 0 Å². The van der Waals surface area contributed by atoms with Crippen LogP contribution in [0.4, 0.5) is 8.78 Å². The lowest BCUT2D eigenvalue weighted by atomic mass is 10.0. The lowest BCUT2D eigenvalue weighted by Gasteiger charge is -2.15. The third-order valence-electron chi connectivity index (χ3n) is 1.54. The Morgan fingerprint density at radius 1 is 1.50 bits per heavy atom. The van der Waals surface area contributed by atoms with Crippen LogP contribution in [-0.4, -0.2) is 17.4 Å². The molecule has 56 valence electrons. The van der Waals surface area contributed by atoms with Crippen molar-refractivity contribution in [2.45, 2.75) is 19.3 Å². The molecule has 0 heterocycles. The molecule has 3 heteroatoms. The molecule has 0 aliphatic heterocycles. The number of aliphatic hydroxyl groups excluding tert-OH is 1. The molecule has 0 radical (unpaired) electrons. The van der Waals surface area contributed by atoms with Gasteiger partial charge in [0, 0.05) is 5.57 Å². The quantitative estimate of drug-likeness (QED) is 0.554. The van der Waals surface area contributed by atoms with Crippen molar-refractivity contribution >= 4 is 0 Å². The van der Waals surface area contributed by atoms with Crippen molar-refractivity contribution in [1.82, 2.24) is 0 Å². The average Bonchev–Trinajstić information content (AvgIpc) is 1.93. The van der Waals surface area contributed by atoms with E-state index in [1.165, 1.54) is 13.0 Å². The molecule has 1 N–H and O–H groups in total. The number of halogens is 2. The van der Waals surface area contributed by atoms with Gasteiger partial charge in [0.2, 0.25) is 0 Å². The topological polar surface area (TPSA) is 20.2 Å². The minimum absolute atomic E-state index is 0.0648. The van der Waals surface area contributed by atoms with Crippen molar-refractivity contribution < 1.29 is 13.9 Å². The van der Waals surface area contributed by atoms with Gasteiger partial charge in [0.1, 0.15) is 5.76 Å². The van der Waals surface area contributed by atoms with Gasteiger partial charge in [-0.25, -0.2) is 8.78 Å². The van der Waals surface area contributed by atoms with E-state index in [-0.39, 0.29) is 11.3 Å². The van der Waals surface area contributed by atoms with Crippen molar-refractivity contribution in [1.29, 1.82) is 0 Å². The van der Waals surface area contributed by atoms with Gasteiger partial charge in [-0.2, -0.15) is 0 Å². The number of allylic oxidation sites excluding steroid dienone is 3. The second kappa shape index (κ2) is 2.40. The molecule has 0 aromatic heterocycles. The van der Waals surface area contributed by atoms with Gasteiger partial charge in [0.05, 0.1) is 0 Å². The molecule has 0 spiro atoms. The van der Waals surface area contributed by atoms with Crippen LogP contribution in [0.2, 0.25) is 0 Å². The van der Waals surface area contributed by atoms with Crippen molar-refractivity contribution in [3.63, 3.8) is 0 Å². The molecule has 1 rings (SSSR count). The molecule has 0 saturated carbocycles. The Morgan fingerprint density at radius 2 is 2.10 bits per heavy atom. The zero-order valence-electron chi connectivity index (χ0n) is 5.51. The van der Waals surface area contributed by atoms with Crippen LogP contribution in [0.1, 0.15) is 6.92 Å². The monoisotopic (exact) mass is 146 g/mol. The van der Waals surface area contributed by atoms with Gasteiger partial charge in [0.25, 0.3) is 0 Å². The highest BCUT2D eigenvalue weighted by Crippen LogP contribution is 2.22. The molecule has 1 nitrogen and oxygen atoms in total. The Balaban J connectivity index is 2.88. The van der Waals surface area contributed by atoms with Crippen LogP contribution in [-0.2, 0) is 0 Å². The summed E-state index contributed by atoms with van der Waals surface area (Å²) in [5.41, 5.74) is 0.0648. The lowest BCUT2D eigenvalue weighted by Crippen LogP contribution is -2.20. The van der Waals surface area contributed by atoms with Crippen molar-refractivity contribution in [2.24, 2.45) is 0 Å². The van der Waals surface area contributed by atoms with Crippen LogP contribution in [0.25, 0.3) is 0 Å². The van der Waals surface area contributed by atoms with Gasteiger partial charge in [0.15, 0.2) is 12.3 Å². The highest BCUT2D eigenvalue weighted by atomic mass is 19.2. The number of rotatable bonds is 0. The standard InChI is InChI=1S/C7H8F2O/c1-4-6(10)3-2-5(8)7(4)9/h2-3,5,7,10H,1H3. The van der Waals surface area contributed by atoms with E-state index in [2.05, 4.69) is 0 Å². The van der Waals surface area contributed by atoms with Crippen molar-refractivity contribution in [3.05, 3.63) is 23.5 Å². The molecule has 0 aromatic rings. The predicted molar refractivity (Wildman–Crippen MR) is 34.3 cm³/mol. The SMILES string of the molecule is CC1=C(O)C=CC(F)C1F. The fourth-order valence-electron chi connectivity index (χ4n) is 0.792. The van der Waals surface area contributed by atoms with Gasteiger partial charge in [-0.05, 0) is 19.1 Å². The Kier molecular flexibility index (Phi) is 1.74. The van der Waals surface area contributed by atoms with Gasteiger partial charge >= 0.3 is 0 Å². The van der Waals surface area contributed by atoms with Crippen LogP contribution in [0.3, 0.4) is 0 Å². The van der Waals surface area contributed by atoms with E-state index in [4.69, 9.17) is 5.11 Å². The first-order valence-corrected chi connectivity index (χ1v) is 2.99. The second-order valence-electron chi connectivity index (χ2n) is 2.27. The molecule has 2 unspecified atom stereocenters. The van der Waals surface area contributed by atoms with Crippen LogP contribution in [0.5, 0.6) is 0 Å². The highest BCUT2D eigenvalue weighted by Gasteiger charge is 2.24. The molecule has 0 saturated heterocycles. The molecule has 0 bridgehead atoms. The smallest absolute Gasteiger partial charge is 0.159 e. The zero-order valence-corrected chi connectivity index (χ0v) is 5.51. The van der Waals surface area contributed by atoms with E-state index < -0.39 is 12.3 Å². The Morgan fingerprint density at radius 3 is 2.60 bits per heavy atom. The zero-order chi connectivity index (χ0) is 7.72. The highest BCUT2D eigenvalue weighted by molar-refractivity contribution is 5.28. The van der Waals surface area contributed by atoms with Crippen molar-refractivity contribution in [2.75, 3.05) is 0 Å². The second-order valence-corrected chi connectivity index (χ2v) is 2.27. The summed E-state index contributed by atoms with van der Waals surface area (Å²) >= 11 is 0. The first-order chi connectivity index (χ1) is 4.63. The van der Waals surface area contributed by atoms with Crippen LogP contribution in [0, 0.1) is 0 Å². The molecule has 10 heavy (non-hydrogen) atoms. The van der Waals surface area contributed by atoms with Crippen LogP contribution < -0.4 is 0 Å². The molecule has 0 amide bonds. The Bertz CT molecular complexity index is 196. The maximum Gasteiger partial charge on any atom is 0.159 e. The average molecular weight is 146 g/mol. The summed E-state index contributed by atoms with van der Waals surface area (Å²) in [7, 11) is 0. The minimum Gasteiger partial charge on any atom is -0.508 e. The van der Waals surface area contributed by atoms with Crippen LogP contribution >= 0.6 is 0 Å². The molecule has 0 fully saturated rings. The maximum absolute atomic E-state index is 12.6. The Hall–Kier alpha value is -0.860. The molecule has 1 aliphatic rings. The first-order valence-electron chi connectivity index (χ1n) is 2.99. The molecular weight excluding hydrogens is 138 g/mol. The van der Waals surface area contributed by atoms with E-state index in [9.17, 15) is 8.78 Å². The van der Waals surface area contributed by atoms with E-state index in [0.717, 1.165) is 6.08 Å². The van der Waals surface area contributed by atoms with E-state index in [0.29, 0.717) is 0 Å². The third kappa shape index (κ3) is 1.03. The summed E-state index contributed by atoms with van der Waals surface area (Å²) in [6.07, 6.45) is -1.09. The first kappa shape index (κ1) is 7.25. The normalized spacial score (nSPS) is 33.1.